The summed E-state index contributed by atoms with van der Waals surface area (Å²) in [6.07, 6.45) is 4.96. The van der Waals surface area contributed by atoms with E-state index in [2.05, 4.69) is 5.32 Å². The highest BCUT2D eigenvalue weighted by Gasteiger charge is 2.32. The fourth-order valence-electron chi connectivity index (χ4n) is 4.22. The van der Waals surface area contributed by atoms with Crippen LogP contribution in [0, 0.1) is 6.92 Å². The Morgan fingerprint density at radius 3 is 2.40 bits per heavy atom. The fourth-order valence-corrected chi connectivity index (χ4v) is 5.51. The second kappa shape index (κ2) is 11.6. The first-order valence-corrected chi connectivity index (χ1v) is 14.1. The molecular formula is C25H31Cl2N3O4S. The minimum Gasteiger partial charge on any atom is -0.352 e. The largest absolute Gasteiger partial charge is 0.352 e. The summed E-state index contributed by atoms with van der Waals surface area (Å²) in [5.74, 6) is -0.783. The van der Waals surface area contributed by atoms with Gasteiger partial charge in [0.1, 0.15) is 12.6 Å². The van der Waals surface area contributed by atoms with E-state index in [4.69, 9.17) is 23.2 Å². The smallest absolute Gasteiger partial charge is 0.244 e. The number of carbonyl (C=O) groups excluding carboxylic acids is 2. The number of sulfonamides is 1. The fraction of sp³-hybridized carbons (Fsp3) is 0.440. The Bertz CT molecular complexity index is 1180. The van der Waals surface area contributed by atoms with Gasteiger partial charge in [-0.2, -0.15) is 0 Å². The van der Waals surface area contributed by atoms with Crippen LogP contribution >= 0.6 is 23.2 Å². The van der Waals surface area contributed by atoms with Gasteiger partial charge in [0.2, 0.25) is 21.8 Å². The maximum Gasteiger partial charge on any atom is 0.244 e. The molecule has 1 unspecified atom stereocenters. The van der Waals surface area contributed by atoms with E-state index in [9.17, 15) is 18.0 Å². The molecule has 190 valence electrons. The van der Waals surface area contributed by atoms with E-state index >= 15 is 0 Å². The van der Waals surface area contributed by atoms with E-state index in [0.717, 1.165) is 47.4 Å². The van der Waals surface area contributed by atoms with E-state index in [1.54, 1.807) is 6.92 Å². The number of hydrogen-bond donors (Lipinski definition) is 1. The third-order valence-corrected chi connectivity index (χ3v) is 8.01. The Balaban J connectivity index is 1.92. The summed E-state index contributed by atoms with van der Waals surface area (Å²) >= 11 is 12.3. The van der Waals surface area contributed by atoms with E-state index in [-0.39, 0.29) is 34.2 Å². The summed E-state index contributed by atoms with van der Waals surface area (Å²) in [6.45, 7) is 3.23. The molecule has 2 aromatic carbocycles. The Hall–Kier alpha value is -2.29. The third kappa shape index (κ3) is 7.12. The van der Waals surface area contributed by atoms with E-state index in [0.29, 0.717) is 0 Å². The molecule has 1 atom stereocenters. The van der Waals surface area contributed by atoms with Gasteiger partial charge in [0, 0.05) is 17.6 Å². The van der Waals surface area contributed by atoms with Gasteiger partial charge in [-0.1, -0.05) is 60.3 Å². The summed E-state index contributed by atoms with van der Waals surface area (Å²) in [6, 6.07) is 11.3. The zero-order valence-electron chi connectivity index (χ0n) is 20.1. The van der Waals surface area contributed by atoms with Crippen molar-refractivity contribution in [1.29, 1.82) is 0 Å². The molecule has 1 fully saturated rings. The molecule has 2 aromatic rings. The van der Waals surface area contributed by atoms with Gasteiger partial charge in [0.15, 0.2) is 0 Å². The lowest BCUT2D eigenvalue weighted by Gasteiger charge is -2.32. The molecule has 0 bridgehead atoms. The predicted molar refractivity (Wildman–Crippen MR) is 140 cm³/mol. The van der Waals surface area contributed by atoms with Gasteiger partial charge >= 0.3 is 0 Å². The maximum absolute atomic E-state index is 13.6. The van der Waals surface area contributed by atoms with Crippen molar-refractivity contribution in [2.45, 2.75) is 58.2 Å². The van der Waals surface area contributed by atoms with Gasteiger partial charge in [-0.15, -0.1) is 0 Å². The number of carbonyl (C=O) groups is 2. The zero-order valence-corrected chi connectivity index (χ0v) is 22.5. The molecule has 0 aliphatic heterocycles. The van der Waals surface area contributed by atoms with Crippen LogP contribution in [0.3, 0.4) is 0 Å². The Kier molecular flexibility index (Phi) is 9.07. The average molecular weight is 541 g/mol. The molecule has 3 rings (SSSR count). The standard InChI is InChI=1S/C25H31Cl2N3O4S/c1-17-8-4-5-9-19(17)15-29(18(2)25(32)28-21-10-6-7-11-21)24(31)16-30(35(3,33)34)23-14-20(26)12-13-22(23)27/h4-5,8-9,12-14,18,21H,6-7,10-11,15-16H2,1-3H3,(H,28,32). The number of benzene rings is 2. The molecule has 0 radical (unpaired) electrons. The van der Waals surface area contributed by atoms with Crippen LogP contribution in [0.5, 0.6) is 0 Å². The zero-order chi connectivity index (χ0) is 25.8. The lowest BCUT2D eigenvalue weighted by Crippen LogP contribution is -2.52. The van der Waals surface area contributed by atoms with Crippen LogP contribution < -0.4 is 9.62 Å². The van der Waals surface area contributed by atoms with Gasteiger partial charge in [-0.05, 0) is 56.0 Å². The molecule has 2 amide bonds. The van der Waals surface area contributed by atoms with Crippen molar-refractivity contribution in [1.82, 2.24) is 10.2 Å². The van der Waals surface area contributed by atoms with Gasteiger partial charge < -0.3 is 10.2 Å². The quantitative estimate of drug-likeness (QED) is 0.506. The molecular weight excluding hydrogens is 509 g/mol. The average Bonchev–Trinajstić information content (AvgIpc) is 3.30. The molecule has 35 heavy (non-hydrogen) atoms. The second-order valence-electron chi connectivity index (χ2n) is 8.98. The summed E-state index contributed by atoms with van der Waals surface area (Å²) < 4.78 is 26.3. The van der Waals surface area contributed by atoms with Gasteiger partial charge in [-0.25, -0.2) is 8.42 Å². The normalized spacial score (nSPS) is 15.0. The molecule has 1 aliphatic carbocycles. The van der Waals surface area contributed by atoms with Crippen molar-refractivity contribution in [3.8, 4) is 0 Å². The Labute approximate surface area is 217 Å². The minimum atomic E-state index is -3.89. The van der Waals surface area contributed by atoms with Crippen LogP contribution in [0.15, 0.2) is 42.5 Å². The summed E-state index contributed by atoms with van der Waals surface area (Å²) in [5.41, 5.74) is 1.94. The van der Waals surface area contributed by atoms with Gasteiger partial charge in [0.05, 0.1) is 17.0 Å². The van der Waals surface area contributed by atoms with Crippen LogP contribution in [0.4, 0.5) is 5.69 Å². The van der Waals surface area contributed by atoms with Crippen molar-refractivity contribution in [2.75, 3.05) is 17.1 Å². The molecule has 1 saturated carbocycles. The number of rotatable bonds is 9. The van der Waals surface area contributed by atoms with Crippen molar-refractivity contribution >= 4 is 50.7 Å². The summed E-state index contributed by atoms with van der Waals surface area (Å²) in [4.78, 5) is 28.1. The van der Waals surface area contributed by atoms with Crippen molar-refractivity contribution in [3.63, 3.8) is 0 Å². The molecule has 0 spiro atoms. The van der Waals surface area contributed by atoms with E-state index < -0.39 is 28.5 Å². The SMILES string of the molecule is Cc1ccccc1CN(C(=O)CN(c1cc(Cl)ccc1Cl)S(C)(=O)=O)C(C)C(=O)NC1CCCC1. The van der Waals surface area contributed by atoms with Crippen LogP contribution in [0.25, 0.3) is 0 Å². The lowest BCUT2D eigenvalue weighted by atomic mass is 10.1. The number of aryl methyl sites for hydroxylation is 1. The minimum absolute atomic E-state index is 0.0955. The van der Waals surface area contributed by atoms with E-state index in [1.807, 2.05) is 31.2 Å². The molecule has 1 N–H and O–H groups in total. The first-order valence-electron chi connectivity index (χ1n) is 11.5. The Morgan fingerprint density at radius 1 is 1.11 bits per heavy atom. The maximum atomic E-state index is 13.6. The molecule has 7 nitrogen and oxygen atoms in total. The molecule has 0 saturated heterocycles. The monoisotopic (exact) mass is 539 g/mol. The second-order valence-corrected chi connectivity index (χ2v) is 11.7. The van der Waals surface area contributed by atoms with Gasteiger partial charge in [0.25, 0.3) is 0 Å². The number of hydrogen-bond acceptors (Lipinski definition) is 4. The highest BCUT2D eigenvalue weighted by molar-refractivity contribution is 7.92. The van der Waals surface area contributed by atoms with E-state index in [1.165, 1.54) is 23.1 Å². The predicted octanol–water partition coefficient (Wildman–Crippen LogP) is 4.54. The van der Waals surface area contributed by atoms with Crippen molar-refractivity contribution in [2.24, 2.45) is 0 Å². The number of amides is 2. The highest BCUT2D eigenvalue weighted by atomic mass is 35.5. The summed E-state index contributed by atoms with van der Waals surface area (Å²) in [5, 5.41) is 3.47. The van der Waals surface area contributed by atoms with Crippen molar-refractivity contribution < 1.29 is 18.0 Å². The van der Waals surface area contributed by atoms with Gasteiger partial charge in [-0.3, -0.25) is 13.9 Å². The topological polar surface area (TPSA) is 86.8 Å². The van der Waals surface area contributed by atoms with Crippen LogP contribution in [0.2, 0.25) is 10.0 Å². The Morgan fingerprint density at radius 2 is 1.77 bits per heavy atom. The van der Waals surface area contributed by atoms with Crippen molar-refractivity contribution in [3.05, 3.63) is 63.6 Å². The summed E-state index contributed by atoms with van der Waals surface area (Å²) in [7, 11) is -3.89. The molecule has 10 heteroatoms. The lowest BCUT2D eigenvalue weighted by molar-refractivity contribution is -0.139. The third-order valence-electron chi connectivity index (χ3n) is 6.33. The highest BCUT2D eigenvalue weighted by Crippen LogP contribution is 2.31. The number of nitrogens with one attached hydrogen (secondary N) is 1. The number of anilines is 1. The molecule has 0 aromatic heterocycles. The first-order chi connectivity index (χ1) is 16.5. The first kappa shape index (κ1) is 27.3. The van der Waals surface area contributed by atoms with Crippen LogP contribution in [0.1, 0.15) is 43.7 Å². The number of nitrogens with zero attached hydrogens (tertiary/aromatic N) is 2. The van der Waals surface area contributed by atoms with Crippen LogP contribution in [-0.2, 0) is 26.2 Å². The number of halogens is 2. The van der Waals surface area contributed by atoms with Crippen LogP contribution in [-0.4, -0.2) is 50.0 Å². The molecule has 0 heterocycles. The molecule has 1 aliphatic rings.